The number of nitrogens with two attached hydrogens (primary N) is 1. The molecule has 1 aliphatic rings. The van der Waals surface area contributed by atoms with E-state index in [1.165, 1.54) is 4.88 Å². The van der Waals surface area contributed by atoms with Gasteiger partial charge in [0.15, 0.2) is 0 Å². The van der Waals surface area contributed by atoms with Crippen LogP contribution in [0.4, 0.5) is 0 Å². The molecule has 4 nitrogen and oxygen atoms in total. The standard InChI is InChI=1S/C15H24BrN3OS/c1-4-10(17)13(11-5-6-12(16)21-11)19-8-7-15(2,9-19)14(20)18-3/h5-6,10,13H,4,7-9,17H2,1-3H3,(H,18,20). The lowest BCUT2D eigenvalue weighted by molar-refractivity contribution is -0.129. The maximum Gasteiger partial charge on any atom is 0.227 e. The van der Waals surface area contributed by atoms with Crippen molar-refractivity contribution in [3.63, 3.8) is 0 Å². The molecule has 0 spiro atoms. The van der Waals surface area contributed by atoms with Crippen molar-refractivity contribution in [3.05, 3.63) is 20.8 Å². The average Bonchev–Trinajstić information content (AvgIpc) is 3.06. The molecule has 3 unspecified atom stereocenters. The number of rotatable bonds is 5. The fourth-order valence-corrected chi connectivity index (χ4v) is 4.73. The molecule has 118 valence electrons. The van der Waals surface area contributed by atoms with Crippen LogP contribution in [0.3, 0.4) is 0 Å². The predicted octanol–water partition coefficient (Wildman–Crippen LogP) is 2.75. The summed E-state index contributed by atoms with van der Waals surface area (Å²) in [6.45, 7) is 5.84. The molecule has 0 radical (unpaired) electrons. The summed E-state index contributed by atoms with van der Waals surface area (Å²) in [7, 11) is 1.71. The Morgan fingerprint density at radius 2 is 2.33 bits per heavy atom. The lowest BCUT2D eigenvalue weighted by atomic mass is 9.88. The number of hydrogen-bond donors (Lipinski definition) is 2. The fraction of sp³-hybridized carbons (Fsp3) is 0.667. The normalized spacial score (nSPS) is 25.8. The Hall–Kier alpha value is -0.430. The van der Waals surface area contributed by atoms with Crippen molar-refractivity contribution in [2.24, 2.45) is 11.1 Å². The summed E-state index contributed by atoms with van der Waals surface area (Å²) in [5.41, 5.74) is 6.07. The minimum atomic E-state index is -0.311. The van der Waals surface area contributed by atoms with Gasteiger partial charge in [-0.15, -0.1) is 11.3 Å². The van der Waals surface area contributed by atoms with Crippen LogP contribution in [0.1, 0.15) is 37.6 Å². The molecule has 0 saturated carbocycles. The summed E-state index contributed by atoms with van der Waals surface area (Å²) >= 11 is 5.27. The first kappa shape index (κ1) is 16.9. The first-order valence-corrected chi connectivity index (χ1v) is 8.99. The summed E-state index contributed by atoms with van der Waals surface area (Å²) in [5.74, 6) is 0.126. The fourth-order valence-electron chi connectivity index (χ4n) is 3.09. The van der Waals surface area contributed by atoms with Gasteiger partial charge >= 0.3 is 0 Å². The monoisotopic (exact) mass is 373 g/mol. The Morgan fingerprint density at radius 3 is 2.86 bits per heavy atom. The first-order valence-electron chi connectivity index (χ1n) is 7.38. The lowest BCUT2D eigenvalue weighted by Gasteiger charge is -2.32. The van der Waals surface area contributed by atoms with Gasteiger partial charge in [0.05, 0.1) is 15.2 Å². The topological polar surface area (TPSA) is 58.4 Å². The number of nitrogens with one attached hydrogen (secondary N) is 1. The lowest BCUT2D eigenvalue weighted by Crippen LogP contribution is -2.43. The molecule has 0 aromatic carbocycles. The van der Waals surface area contributed by atoms with Crippen LogP contribution in [0.25, 0.3) is 0 Å². The third-order valence-corrected chi connectivity index (χ3v) is 6.13. The zero-order chi connectivity index (χ0) is 15.6. The van der Waals surface area contributed by atoms with Crippen LogP contribution in [0.15, 0.2) is 15.9 Å². The van der Waals surface area contributed by atoms with Crippen LogP contribution in [0, 0.1) is 5.41 Å². The first-order chi connectivity index (χ1) is 9.91. The van der Waals surface area contributed by atoms with Gasteiger partial charge in [-0.3, -0.25) is 9.69 Å². The van der Waals surface area contributed by atoms with Crippen LogP contribution in [-0.4, -0.2) is 37.0 Å². The number of hydrogen-bond acceptors (Lipinski definition) is 4. The summed E-state index contributed by atoms with van der Waals surface area (Å²) in [6.07, 6.45) is 1.81. The van der Waals surface area contributed by atoms with Crippen molar-refractivity contribution in [2.45, 2.75) is 38.8 Å². The van der Waals surface area contributed by atoms with Crippen molar-refractivity contribution in [2.75, 3.05) is 20.1 Å². The maximum atomic E-state index is 12.1. The van der Waals surface area contributed by atoms with Gasteiger partial charge in [0.25, 0.3) is 0 Å². The van der Waals surface area contributed by atoms with Crippen LogP contribution < -0.4 is 11.1 Å². The molecule has 1 amide bonds. The van der Waals surface area contributed by atoms with Crippen molar-refractivity contribution in [1.29, 1.82) is 0 Å². The third-order valence-electron chi connectivity index (χ3n) is 4.43. The molecule has 0 bridgehead atoms. The van der Waals surface area contributed by atoms with Gasteiger partial charge in [0.1, 0.15) is 0 Å². The smallest absolute Gasteiger partial charge is 0.227 e. The van der Waals surface area contributed by atoms with Crippen LogP contribution >= 0.6 is 27.3 Å². The van der Waals surface area contributed by atoms with Gasteiger partial charge in [-0.2, -0.15) is 0 Å². The molecule has 21 heavy (non-hydrogen) atoms. The van der Waals surface area contributed by atoms with Crippen LogP contribution in [-0.2, 0) is 4.79 Å². The van der Waals surface area contributed by atoms with E-state index in [4.69, 9.17) is 5.73 Å². The third kappa shape index (κ3) is 3.50. The molecule has 0 aliphatic carbocycles. The van der Waals surface area contributed by atoms with E-state index in [0.29, 0.717) is 0 Å². The maximum absolute atomic E-state index is 12.1. The highest BCUT2D eigenvalue weighted by atomic mass is 79.9. The number of carbonyl (C=O) groups excluding carboxylic acids is 1. The van der Waals surface area contributed by atoms with E-state index in [9.17, 15) is 4.79 Å². The van der Waals surface area contributed by atoms with Gasteiger partial charge in [-0.05, 0) is 54.4 Å². The van der Waals surface area contributed by atoms with Gasteiger partial charge in [-0.1, -0.05) is 6.92 Å². The van der Waals surface area contributed by atoms with E-state index in [2.05, 4.69) is 45.2 Å². The number of thiophene rings is 1. The summed E-state index contributed by atoms with van der Waals surface area (Å²) in [5, 5.41) is 2.79. The highest BCUT2D eigenvalue weighted by Gasteiger charge is 2.43. The predicted molar refractivity (Wildman–Crippen MR) is 91.4 cm³/mol. The Bertz CT molecular complexity index is 507. The van der Waals surface area contributed by atoms with E-state index >= 15 is 0 Å². The molecule has 2 heterocycles. The quantitative estimate of drug-likeness (QED) is 0.833. The van der Waals surface area contributed by atoms with Crippen molar-refractivity contribution < 1.29 is 4.79 Å². The average molecular weight is 374 g/mol. The van der Waals surface area contributed by atoms with E-state index in [-0.39, 0.29) is 23.4 Å². The minimum absolute atomic E-state index is 0.0857. The molecule has 3 N–H and O–H groups in total. The molecule has 1 aromatic heterocycles. The SMILES string of the molecule is CCC(N)C(c1ccc(Br)s1)N1CCC(C)(C(=O)NC)C1. The Labute approximate surface area is 139 Å². The minimum Gasteiger partial charge on any atom is -0.359 e. The second-order valence-corrected chi connectivity index (χ2v) is 8.51. The van der Waals surface area contributed by atoms with Crippen LogP contribution in [0.5, 0.6) is 0 Å². The number of halogens is 1. The van der Waals surface area contributed by atoms with Crippen molar-refractivity contribution >= 4 is 33.2 Å². The number of amides is 1. The molecule has 6 heteroatoms. The number of likely N-dealkylation sites (tertiary alicyclic amines) is 1. The second-order valence-electron chi connectivity index (χ2n) is 6.02. The number of nitrogens with zero attached hydrogens (tertiary/aromatic N) is 1. The molecule has 2 rings (SSSR count). The molecule has 1 saturated heterocycles. The zero-order valence-electron chi connectivity index (χ0n) is 12.9. The van der Waals surface area contributed by atoms with Crippen molar-refractivity contribution in [1.82, 2.24) is 10.2 Å². The molecular formula is C15H24BrN3OS. The highest BCUT2D eigenvalue weighted by Crippen LogP contribution is 2.39. The summed E-state index contributed by atoms with van der Waals surface area (Å²) in [4.78, 5) is 15.8. The van der Waals surface area contributed by atoms with E-state index in [1.807, 2.05) is 6.92 Å². The molecule has 1 fully saturated rings. The molecule has 1 aromatic rings. The molecular weight excluding hydrogens is 350 g/mol. The molecule has 3 atom stereocenters. The number of carbonyl (C=O) groups is 1. The second kappa shape index (κ2) is 6.77. The molecule has 1 aliphatic heterocycles. The highest BCUT2D eigenvalue weighted by molar-refractivity contribution is 9.11. The zero-order valence-corrected chi connectivity index (χ0v) is 15.3. The van der Waals surface area contributed by atoms with Gasteiger partial charge in [0.2, 0.25) is 5.91 Å². The summed E-state index contributed by atoms with van der Waals surface area (Å²) < 4.78 is 1.12. The van der Waals surface area contributed by atoms with E-state index in [0.717, 1.165) is 29.7 Å². The van der Waals surface area contributed by atoms with Crippen molar-refractivity contribution in [3.8, 4) is 0 Å². The Kier molecular flexibility index (Phi) is 5.46. The summed E-state index contributed by atoms with van der Waals surface area (Å²) in [6, 6.07) is 4.49. The van der Waals surface area contributed by atoms with Gasteiger partial charge in [0, 0.05) is 24.5 Å². The van der Waals surface area contributed by atoms with E-state index < -0.39 is 0 Å². The van der Waals surface area contributed by atoms with Crippen LogP contribution in [0.2, 0.25) is 0 Å². The van der Waals surface area contributed by atoms with Gasteiger partial charge < -0.3 is 11.1 Å². The Balaban J connectivity index is 2.22. The van der Waals surface area contributed by atoms with E-state index in [1.54, 1.807) is 18.4 Å². The van der Waals surface area contributed by atoms with Gasteiger partial charge in [-0.25, -0.2) is 0 Å². The Morgan fingerprint density at radius 1 is 1.62 bits per heavy atom. The largest absolute Gasteiger partial charge is 0.359 e.